The molecular weight excluding hydrogens is 420 g/mol. The SMILES string of the molecule is Cc1[nH]c(=O)nc2c1nc(-c1cncc(F)c1)n2Cc1ccc(Br)c(F)c1. The second kappa shape index (κ2) is 6.66. The lowest BCUT2D eigenvalue weighted by atomic mass is 10.2. The van der Waals surface area contributed by atoms with Gasteiger partial charge >= 0.3 is 5.69 Å². The van der Waals surface area contributed by atoms with Gasteiger partial charge in [-0.05, 0) is 46.6 Å². The highest BCUT2D eigenvalue weighted by atomic mass is 79.9. The average molecular weight is 432 g/mol. The van der Waals surface area contributed by atoms with Crippen LogP contribution in [-0.2, 0) is 6.54 Å². The van der Waals surface area contributed by atoms with E-state index in [9.17, 15) is 13.6 Å². The van der Waals surface area contributed by atoms with Crippen LogP contribution in [0, 0.1) is 18.6 Å². The van der Waals surface area contributed by atoms with Crippen LogP contribution < -0.4 is 5.69 Å². The van der Waals surface area contributed by atoms with Crippen molar-refractivity contribution in [1.82, 2.24) is 24.5 Å². The number of fused-ring (bicyclic) bond motifs is 1. The van der Waals surface area contributed by atoms with Crippen LogP contribution in [0.2, 0.25) is 0 Å². The summed E-state index contributed by atoms with van der Waals surface area (Å²) in [5, 5.41) is 0. The number of halogens is 3. The Labute approximate surface area is 160 Å². The molecule has 0 amide bonds. The second-order valence-corrected chi connectivity index (χ2v) is 6.86. The fourth-order valence-electron chi connectivity index (χ4n) is 2.88. The standard InChI is InChI=1S/C18H12BrF2N5O/c1-9-15-17(25-18(27)23-9)26(8-10-2-3-13(19)14(21)4-10)16(24-15)11-5-12(20)7-22-6-11/h2-7H,8H2,1H3,(H,23,25,27). The van der Waals surface area contributed by atoms with Crippen molar-refractivity contribution in [3.63, 3.8) is 0 Å². The van der Waals surface area contributed by atoms with Crippen LogP contribution in [0.15, 0.2) is 45.9 Å². The number of aryl methyl sites for hydroxylation is 1. The predicted octanol–water partition coefficient (Wildman–Crippen LogP) is 3.58. The Morgan fingerprint density at radius 1 is 1.19 bits per heavy atom. The maximum atomic E-state index is 13.9. The van der Waals surface area contributed by atoms with Gasteiger partial charge < -0.3 is 9.55 Å². The molecule has 0 aliphatic rings. The van der Waals surface area contributed by atoms with Crippen LogP contribution in [0.1, 0.15) is 11.3 Å². The fourth-order valence-corrected chi connectivity index (χ4v) is 3.12. The number of rotatable bonds is 3. The molecule has 0 fully saturated rings. The van der Waals surface area contributed by atoms with Crippen LogP contribution >= 0.6 is 15.9 Å². The van der Waals surface area contributed by atoms with Crippen LogP contribution in [0.3, 0.4) is 0 Å². The zero-order chi connectivity index (χ0) is 19.1. The van der Waals surface area contributed by atoms with E-state index in [1.165, 1.54) is 18.3 Å². The van der Waals surface area contributed by atoms with Gasteiger partial charge in [-0.3, -0.25) is 4.98 Å². The van der Waals surface area contributed by atoms with Crippen molar-refractivity contribution in [2.45, 2.75) is 13.5 Å². The number of hydrogen-bond acceptors (Lipinski definition) is 4. The molecule has 0 saturated heterocycles. The first kappa shape index (κ1) is 17.5. The van der Waals surface area contributed by atoms with Gasteiger partial charge in [-0.15, -0.1) is 0 Å². The summed E-state index contributed by atoms with van der Waals surface area (Å²) in [6.45, 7) is 1.90. The lowest BCUT2D eigenvalue weighted by molar-refractivity contribution is 0.617. The number of hydrogen-bond donors (Lipinski definition) is 1. The topological polar surface area (TPSA) is 76.5 Å². The number of nitrogens with zero attached hydrogens (tertiary/aromatic N) is 4. The first-order valence-electron chi connectivity index (χ1n) is 7.94. The highest BCUT2D eigenvalue weighted by Crippen LogP contribution is 2.26. The highest BCUT2D eigenvalue weighted by molar-refractivity contribution is 9.10. The molecular formula is C18H12BrF2N5O. The zero-order valence-corrected chi connectivity index (χ0v) is 15.6. The molecule has 0 aliphatic heterocycles. The maximum Gasteiger partial charge on any atom is 0.347 e. The molecule has 0 aliphatic carbocycles. The van der Waals surface area contributed by atoms with Crippen LogP contribution in [0.5, 0.6) is 0 Å². The molecule has 1 N–H and O–H groups in total. The second-order valence-electron chi connectivity index (χ2n) is 6.00. The van der Waals surface area contributed by atoms with E-state index < -0.39 is 17.3 Å². The number of imidazole rings is 1. The number of pyridine rings is 1. The molecule has 4 aromatic rings. The maximum absolute atomic E-state index is 13.9. The Morgan fingerprint density at radius 2 is 2.00 bits per heavy atom. The number of nitrogens with one attached hydrogen (secondary N) is 1. The Hall–Kier alpha value is -2.94. The predicted molar refractivity (Wildman–Crippen MR) is 99.3 cm³/mol. The van der Waals surface area contributed by atoms with Gasteiger partial charge in [0.1, 0.15) is 23.0 Å². The largest absolute Gasteiger partial charge is 0.347 e. The van der Waals surface area contributed by atoms with E-state index >= 15 is 0 Å². The Kier molecular flexibility index (Phi) is 4.31. The van der Waals surface area contributed by atoms with E-state index in [2.05, 4.69) is 35.9 Å². The van der Waals surface area contributed by atoms with Crippen LogP contribution in [0.25, 0.3) is 22.6 Å². The molecule has 4 rings (SSSR count). The van der Waals surface area contributed by atoms with Gasteiger partial charge in [0.05, 0.1) is 17.2 Å². The van der Waals surface area contributed by atoms with Gasteiger partial charge in [0.15, 0.2) is 5.65 Å². The van der Waals surface area contributed by atoms with Gasteiger partial charge in [-0.1, -0.05) is 6.07 Å². The smallest absolute Gasteiger partial charge is 0.308 e. The van der Waals surface area contributed by atoms with Crippen molar-refractivity contribution in [2.75, 3.05) is 0 Å². The number of aromatic nitrogens is 5. The van der Waals surface area contributed by atoms with Gasteiger partial charge in [0.25, 0.3) is 0 Å². The molecule has 0 atom stereocenters. The van der Waals surface area contributed by atoms with Crippen LogP contribution in [0.4, 0.5) is 8.78 Å². The molecule has 9 heteroatoms. The van der Waals surface area contributed by atoms with E-state index in [0.29, 0.717) is 38.3 Å². The summed E-state index contributed by atoms with van der Waals surface area (Å²) < 4.78 is 29.6. The monoisotopic (exact) mass is 431 g/mol. The minimum absolute atomic E-state index is 0.197. The van der Waals surface area contributed by atoms with Gasteiger partial charge in [-0.25, -0.2) is 18.6 Å². The number of aromatic amines is 1. The Morgan fingerprint density at radius 3 is 2.74 bits per heavy atom. The molecule has 27 heavy (non-hydrogen) atoms. The molecule has 0 saturated carbocycles. The molecule has 3 aromatic heterocycles. The summed E-state index contributed by atoms with van der Waals surface area (Å²) in [5.74, 6) is -0.538. The van der Waals surface area contributed by atoms with Crippen molar-refractivity contribution in [3.8, 4) is 11.4 Å². The third-order valence-corrected chi connectivity index (χ3v) is 4.73. The van der Waals surface area contributed by atoms with E-state index in [1.54, 1.807) is 23.6 Å². The summed E-state index contributed by atoms with van der Waals surface area (Å²) in [4.78, 5) is 26.9. The average Bonchev–Trinajstić information content (AvgIpc) is 2.97. The molecule has 3 heterocycles. The minimum atomic E-state index is -0.521. The minimum Gasteiger partial charge on any atom is -0.308 e. The van der Waals surface area contributed by atoms with E-state index in [-0.39, 0.29) is 6.54 Å². The molecule has 1 aromatic carbocycles. The Bertz CT molecular complexity index is 1230. The Balaban J connectivity index is 1.96. The first-order chi connectivity index (χ1) is 12.9. The highest BCUT2D eigenvalue weighted by Gasteiger charge is 2.18. The van der Waals surface area contributed by atoms with Crippen molar-refractivity contribution in [2.24, 2.45) is 0 Å². The lowest BCUT2D eigenvalue weighted by Crippen LogP contribution is -2.13. The third kappa shape index (κ3) is 3.25. The summed E-state index contributed by atoms with van der Waals surface area (Å²) in [7, 11) is 0. The zero-order valence-electron chi connectivity index (χ0n) is 14.0. The molecule has 136 valence electrons. The summed E-state index contributed by atoms with van der Waals surface area (Å²) >= 11 is 3.12. The summed E-state index contributed by atoms with van der Waals surface area (Å²) in [6, 6.07) is 6.01. The number of benzene rings is 1. The normalized spacial score (nSPS) is 11.3. The molecule has 0 spiro atoms. The van der Waals surface area contributed by atoms with Crippen molar-refractivity contribution >= 4 is 27.1 Å². The van der Waals surface area contributed by atoms with Gasteiger partial charge in [0, 0.05) is 17.5 Å². The quantitative estimate of drug-likeness (QED) is 0.537. The van der Waals surface area contributed by atoms with Crippen molar-refractivity contribution in [1.29, 1.82) is 0 Å². The molecule has 0 radical (unpaired) electrons. The third-order valence-electron chi connectivity index (χ3n) is 4.09. The first-order valence-corrected chi connectivity index (χ1v) is 8.73. The molecule has 0 bridgehead atoms. The fraction of sp³-hybridized carbons (Fsp3) is 0.111. The van der Waals surface area contributed by atoms with Crippen molar-refractivity contribution in [3.05, 3.63) is 74.5 Å². The molecule has 6 nitrogen and oxygen atoms in total. The number of H-pyrrole nitrogens is 1. The van der Waals surface area contributed by atoms with E-state index in [0.717, 1.165) is 6.20 Å². The molecule has 0 unspecified atom stereocenters. The van der Waals surface area contributed by atoms with E-state index in [4.69, 9.17) is 0 Å². The van der Waals surface area contributed by atoms with E-state index in [1.807, 2.05) is 0 Å². The summed E-state index contributed by atoms with van der Waals surface area (Å²) in [6.07, 6.45) is 2.56. The summed E-state index contributed by atoms with van der Waals surface area (Å²) in [5.41, 5.74) is 1.89. The van der Waals surface area contributed by atoms with Crippen LogP contribution in [-0.4, -0.2) is 24.5 Å². The van der Waals surface area contributed by atoms with Gasteiger partial charge in [-0.2, -0.15) is 4.98 Å². The van der Waals surface area contributed by atoms with Gasteiger partial charge in [0.2, 0.25) is 0 Å². The lowest BCUT2D eigenvalue weighted by Gasteiger charge is -2.09. The van der Waals surface area contributed by atoms with Crippen molar-refractivity contribution < 1.29 is 8.78 Å².